The van der Waals surface area contributed by atoms with Crippen LogP contribution in [0.5, 0.6) is 0 Å². The van der Waals surface area contributed by atoms with Crippen LogP contribution in [0.2, 0.25) is 0 Å². The van der Waals surface area contributed by atoms with E-state index < -0.39 is 6.04 Å². The van der Waals surface area contributed by atoms with Crippen LogP contribution >= 0.6 is 27.0 Å². The highest BCUT2D eigenvalue weighted by molar-refractivity contribution is 7.59. The molecule has 5 heteroatoms. The molecular formula is C11H25NO2S2. The molecule has 0 heterocycles. The molecule has 0 aliphatic rings. The average molecular weight is 267 g/mol. The van der Waals surface area contributed by atoms with E-state index in [0.29, 0.717) is 0 Å². The molecule has 0 bridgehead atoms. The third-order valence-electron chi connectivity index (χ3n) is 2.20. The molecule has 3 nitrogen and oxygen atoms in total. The first kappa shape index (κ1) is 21.3. The van der Waals surface area contributed by atoms with Gasteiger partial charge in [-0.2, -0.15) is 27.0 Å². The van der Waals surface area contributed by atoms with Gasteiger partial charge in [-0.05, 0) is 6.92 Å². The Morgan fingerprint density at radius 3 is 1.75 bits per heavy atom. The summed E-state index contributed by atoms with van der Waals surface area (Å²) in [5.41, 5.74) is 5.06. The lowest BCUT2D eigenvalue weighted by molar-refractivity contribution is -0.133. The van der Waals surface area contributed by atoms with Crippen LogP contribution in [0.1, 0.15) is 41.0 Å². The summed E-state index contributed by atoms with van der Waals surface area (Å²) in [4.78, 5) is 23.0. The van der Waals surface area contributed by atoms with E-state index in [1.807, 2.05) is 20.8 Å². The van der Waals surface area contributed by atoms with Gasteiger partial charge in [-0.3, -0.25) is 9.59 Å². The van der Waals surface area contributed by atoms with E-state index in [2.05, 4.69) is 0 Å². The van der Waals surface area contributed by atoms with E-state index in [9.17, 15) is 9.59 Å². The molecule has 2 N–H and O–H groups in total. The molecule has 0 aromatic rings. The topological polar surface area (TPSA) is 60.2 Å². The number of hydrogen-bond acceptors (Lipinski definition) is 3. The Hall–Kier alpha value is 0. The molecule has 0 saturated carbocycles. The van der Waals surface area contributed by atoms with Crippen LogP contribution in [-0.2, 0) is 9.59 Å². The second-order valence-corrected chi connectivity index (χ2v) is 4.97. The number of carbonyl (C=O) groups excluding carboxylic acids is 2. The van der Waals surface area contributed by atoms with Gasteiger partial charge in [0.15, 0.2) is 0 Å². The van der Waals surface area contributed by atoms with Crippen molar-refractivity contribution in [2.45, 2.75) is 47.1 Å². The maximum Gasteiger partial charge on any atom is 0.149 e. The van der Waals surface area contributed by atoms with Gasteiger partial charge in [0, 0.05) is 17.8 Å². The van der Waals surface area contributed by atoms with Gasteiger partial charge < -0.3 is 5.73 Å². The first-order chi connectivity index (χ1) is 6.16. The van der Waals surface area contributed by atoms with Crippen LogP contribution in [0, 0.1) is 11.3 Å². The molecule has 0 amide bonds. The summed E-state index contributed by atoms with van der Waals surface area (Å²) in [6, 6.07) is -0.467. The molecule has 0 spiro atoms. The van der Waals surface area contributed by atoms with Gasteiger partial charge in [0.25, 0.3) is 0 Å². The lowest BCUT2D eigenvalue weighted by Crippen LogP contribution is -2.33. The fourth-order valence-electron chi connectivity index (χ4n) is 1.32. The van der Waals surface area contributed by atoms with E-state index >= 15 is 0 Å². The number of ketones is 2. The van der Waals surface area contributed by atoms with Gasteiger partial charge in [-0.25, -0.2) is 0 Å². The van der Waals surface area contributed by atoms with Crippen molar-refractivity contribution in [3.63, 3.8) is 0 Å². The van der Waals surface area contributed by atoms with Gasteiger partial charge in [0.05, 0.1) is 6.04 Å². The fraction of sp³-hybridized carbons (Fsp3) is 0.818. The third-order valence-corrected chi connectivity index (χ3v) is 2.20. The van der Waals surface area contributed by atoms with Crippen LogP contribution in [0.4, 0.5) is 0 Å². The molecule has 2 atom stereocenters. The zero-order valence-corrected chi connectivity index (χ0v) is 12.8. The molecule has 0 aromatic heterocycles. The Labute approximate surface area is 112 Å². The van der Waals surface area contributed by atoms with Crippen molar-refractivity contribution in [3.8, 4) is 0 Å². The first-order valence-corrected chi connectivity index (χ1v) is 4.99. The third kappa shape index (κ3) is 7.30. The maximum atomic E-state index is 11.7. The van der Waals surface area contributed by atoms with Gasteiger partial charge in [-0.15, -0.1) is 0 Å². The van der Waals surface area contributed by atoms with Crippen LogP contribution < -0.4 is 5.73 Å². The molecular weight excluding hydrogens is 242 g/mol. The summed E-state index contributed by atoms with van der Waals surface area (Å²) in [6.07, 6.45) is 0.258. The van der Waals surface area contributed by atoms with Gasteiger partial charge >= 0.3 is 0 Å². The predicted molar refractivity (Wildman–Crippen MR) is 77.7 cm³/mol. The summed E-state index contributed by atoms with van der Waals surface area (Å²) in [5, 5.41) is 0. The van der Waals surface area contributed by atoms with E-state index in [0.717, 1.165) is 0 Å². The molecule has 0 saturated heterocycles. The Morgan fingerprint density at radius 2 is 1.50 bits per heavy atom. The highest BCUT2D eigenvalue weighted by Crippen LogP contribution is 2.22. The lowest BCUT2D eigenvalue weighted by Gasteiger charge is -2.21. The maximum absolute atomic E-state index is 11.7. The van der Waals surface area contributed by atoms with Gasteiger partial charge in [0.2, 0.25) is 0 Å². The van der Waals surface area contributed by atoms with Crippen molar-refractivity contribution < 1.29 is 9.59 Å². The van der Waals surface area contributed by atoms with Crippen LogP contribution in [-0.4, -0.2) is 17.6 Å². The highest BCUT2D eigenvalue weighted by atomic mass is 32.1. The minimum absolute atomic E-state index is 0. The summed E-state index contributed by atoms with van der Waals surface area (Å²) in [5.74, 6) is -0.157. The smallest absolute Gasteiger partial charge is 0.149 e. The van der Waals surface area contributed by atoms with Crippen molar-refractivity contribution in [2.75, 3.05) is 0 Å². The molecule has 16 heavy (non-hydrogen) atoms. The molecule has 0 aliphatic heterocycles. The second kappa shape index (κ2) is 8.14. The van der Waals surface area contributed by atoms with E-state index in [4.69, 9.17) is 5.73 Å². The SMILES string of the molecule is C[C@H](N)C(=O)C[C@@H](C)C(=O)C(C)(C)C.S.S. The molecule has 0 aliphatic carbocycles. The van der Waals surface area contributed by atoms with E-state index in [-0.39, 0.29) is 56.3 Å². The zero-order chi connectivity index (χ0) is 11.5. The van der Waals surface area contributed by atoms with E-state index in [1.54, 1.807) is 13.8 Å². The number of hydrogen-bond donors (Lipinski definition) is 1. The molecule has 0 radical (unpaired) electrons. The monoisotopic (exact) mass is 267 g/mol. The summed E-state index contributed by atoms with van der Waals surface area (Å²) >= 11 is 0. The summed E-state index contributed by atoms with van der Waals surface area (Å²) in [6.45, 7) is 9.02. The quantitative estimate of drug-likeness (QED) is 0.844. The van der Waals surface area contributed by atoms with Crippen molar-refractivity contribution in [1.29, 1.82) is 0 Å². The fourth-order valence-corrected chi connectivity index (χ4v) is 1.32. The minimum atomic E-state index is -0.467. The van der Waals surface area contributed by atoms with Crippen LogP contribution in [0.15, 0.2) is 0 Å². The minimum Gasteiger partial charge on any atom is -0.322 e. The van der Waals surface area contributed by atoms with Crippen LogP contribution in [0.3, 0.4) is 0 Å². The molecule has 0 aromatic carbocycles. The lowest BCUT2D eigenvalue weighted by atomic mass is 9.81. The average Bonchev–Trinajstić information content (AvgIpc) is 2.00. The molecule has 98 valence electrons. The Morgan fingerprint density at radius 1 is 1.12 bits per heavy atom. The molecule has 0 rings (SSSR count). The summed E-state index contributed by atoms with van der Waals surface area (Å²) < 4.78 is 0. The largest absolute Gasteiger partial charge is 0.322 e. The number of carbonyl (C=O) groups is 2. The standard InChI is InChI=1S/C11H21NO2.2H2S/c1-7(6-9(13)8(2)12)10(14)11(3,4)5;;/h7-8H,6,12H2,1-5H3;2*1H2/t7-,8+;;/m1../s1. The van der Waals surface area contributed by atoms with Crippen molar-refractivity contribution in [1.82, 2.24) is 0 Å². The zero-order valence-electron chi connectivity index (χ0n) is 10.8. The molecule has 0 unspecified atom stereocenters. The van der Waals surface area contributed by atoms with Gasteiger partial charge in [-0.1, -0.05) is 27.7 Å². The highest BCUT2D eigenvalue weighted by Gasteiger charge is 2.28. The Bertz CT molecular complexity index is 235. The summed E-state index contributed by atoms with van der Waals surface area (Å²) in [7, 11) is 0. The normalized spacial score (nSPS) is 14.1. The predicted octanol–water partition coefficient (Wildman–Crippen LogP) is 1.77. The number of rotatable bonds is 4. The Balaban J connectivity index is -0.000000845. The first-order valence-electron chi connectivity index (χ1n) is 4.99. The van der Waals surface area contributed by atoms with Crippen molar-refractivity contribution in [3.05, 3.63) is 0 Å². The molecule has 0 fully saturated rings. The van der Waals surface area contributed by atoms with Crippen molar-refractivity contribution >= 4 is 38.6 Å². The van der Waals surface area contributed by atoms with Gasteiger partial charge in [0.1, 0.15) is 11.6 Å². The van der Waals surface area contributed by atoms with E-state index in [1.165, 1.54) is 0 Å². The van der Waals surface area contributed by atoms with Crippen molar-refractivity contribution in [2.24, 2.45) is 17.1 Å². The second-order valence-electron chi connectivity index (χ2n) is 4.97. The number of Topliss-reactive ketones (excluding diaryl/α,β-unsaturated/α-hetero) is 2. The Kier molecular flexibility index (Phi) is 10.8. The number of nitrogens with two attached hydrogens (primary N) is 1. The van der Waals surface area contributed by atoms with Crippen LogP contribution in [0.25, 0.3) is 0 Å².